The molecule has 0 atom stereocenters. The van der Waals surface area contributed by atoms with Gasteiger partial charge in [0.05, 0.1) is 5.75 Å². The van der Waals surface area contributed by atoms with Gasteiger partial charge in [0.1, 0.15) is 0 Å². The summed E-state index contributed by atoms with van der Waals surface area (Å²) < 4.78 is 34.5. The third kappa shape index (κ3) is 9.61. The average molecular weight is 202 g/mol. The SMILES string of the molecule is O=C(O)CCCSCC(F)(F)F. The Morgan fingerprint density at radius 3 is 2.42 bits per heavy atom. The number of carboxylic acids is 1. The number of hydrogen-bond donors (Lipinski definition) is 1. The summed E-state index contributed by atoms with van der Waals surface area (Å²) in [5, 5.41) is 8.14. The minimum absolute atomic E-state index is 0.0646. The molecule has 0 bridgehead atoms. The Hall–Kier alpha value is -0.390. The van der Waals surface area contributed by atoms with Crippen molar-refractivity contribution < 1.29 is 23.1 Å². The summed E-state index contributed by atoms with van der Waals surface area (Å²) in [6, 6.07) is 0. The summed E-state index contributed by atoms with van der Waals surface area (Å²) in [4.78, 5) is 9.93. The van der Waals surface area contributed by atoms with Gasteiger partial charge in [-0.1, -0.05) is 0 Å². The fourth-order valence-electron chi connectivity index (χ4n) is 0.513. The summed E-state index contributed by atoms with van der Waals surface area (Å²) in [7, 11) is 0. The first-order valence-electron chi connectivity index (χ1n) is 3.28. The van der Waals surface area contributed by atoms with Gasteiger partial charge >= 0.3 is 12.1 Å². The van der Waals surface area contributed by atoms with Crippen molar-refractivity contribution in [2.24, 2.45) is 0 Å². The molecule has 0 saturated carbocycles. The molecule has 0 rings (SSSR count). The lowest BCUT2D eigenvalue weighted by atomic mass is 10.3. The summed E-state index contributed by atoms with van der Waals surface area (Å²) >= 11 is 0.714. The predicted octanol–water partition coefficient (Wildman–Crippen LogP) is 2.15. The van der Waals surface area contributed by atoms with Crippen molar-refractivity contribution in [3.05, 3.63) is 0 Å². The first kappa shape index (κ1) is 11.6. The van der Waals surface area contributed by atoms with Crippen LogP contribution in [0.1, 0.15) is 12.8 Å². The Morgan fingerprint density at radius 2 is 2.00 bits per heavy atom. The zero-order chi connectivity index (χ0) is 9.61. The van der Waals surface area contributed by atoms with E-state index < -0.39 is 17.9 Å². The van der Waals surface area contributed by atoms with E-state index in [-0.39, 0.29) is 18.6 Å². The molecule has 0 saturated heterocycles. The molecule has 0 fully saturated rings. The van der Waals surface area contributed by atoms with E-state index in [0.717, 1.165) is 0 Å². The van der Waals surface area contributed by atoms with E-state index in [4.69, 9.17) is 5.11 Å². The molecule has 0 aromatic heterocycles. The smallest absolute Gasteiger partial charge is 0.397 e. The van der Waals surface area contributed by atoms with E-state index in [9.17, 15) is 18.0 Å². The van der Waals surface area contributed by atoms with Gasteiger partial charge in [0, 0.05) is 6.42 Å². The number of alkyl halides is 3. The third-order valence-corrected chi connectivity index (χ3v) is 2.05. The zero-order valence-corrected chi connectivity index (χ0v) is 7.04. The van der Waals surface area contributed by atoms with Crippen molar-refractivity contribution in [1.82, 2.24) is 0 Å². The summed E-state index contributed by atoms with van der Waals surface area (Å²) in [5.74, 6) is -1.62. The molecule has 2 nitrogen and oxygen atoms in total. The number of aliphatic carboxylic acids is 1. The lowest BCUT2D eigenvalue weighted by Crippen LogP contribution is -2.11. The lowest BCUT2D eigenvalue weighted by Gasteiger charge is -2.04. The van der Waals surface area contributed by atoms with Crippen molar-refractivity contribution in [2.75, 3.05) is 11.5 Å². The van der Waals surface area contributed by atoms with Crippen LogP contribution in [0, 0.1) is 0 Å². The normalized spacial score (nSPS) is 11.6. The van der Waals surface area contributed by atoms with E-state index >= 15 is 0 Å². The van der Waals surface area contributed by atoms with Crippen molar-refractivity contribution in [2.45, 2.75) is 19.0 Å². The first-order chi connectivity index (χ1) is 5.42. The molecule has 0 aliphatic rings. The van der Waals surface area contributed by atoms with Crippen LogP contribution in [-0.4, -0.2) is 28.8 Å². The van der Waals surface area contributed by atoms with Crippen LogP contribution in [0.3, 0.4) is 0 Å². The maximum atomic E-state index is 11.5. The Balaban J connectivity index is 3.17. The molecule has 0 aliphatic heterocycles. The van der Waals surface area contributed by atoms with E-state index in [1.165, 1.54) is 0 Å². The van der Waals surface area contributed by atoms with Crippen molar-refractivity contribution >= 4 is 17.7 Å². The minimum Gasteiger partial charge on any atom is -0.481 e. The minimum atomic E-state index is -4.14. The highest BCUT2D eigenvalue weighted by Crippen LogP contribution is 2.21. The number of hydrogen-bond acceptors (Lipinski definition) is 2. The number of halogens is 3. The van der Waals surface area contributed by atoms with Crippen LogP contribution in [0.25, 0.3) is 0 Å². The quantitative estimate of drug-likeness (QED) is 0.694. The Labute approximate surface area is 72.1 Å². The number of carboxylic acid groups (broad SMARTS) is 1. The summed E-state index contributed by atoms with van der Waals surface area (Å²) in [6.07, 6.45) is -3.92. The van der Waals surface area contributed by atoms with Gasteiger partial charge in [-0.3, -0.25) is 4.79 Å². The van der Waals surface area contributed by atoms with Crippen LogP contribution < -0.4 is 0 Å². The fourth-order valence-corrected chi connectivity index (χ4v) is 1.24. The van der Waals surface area contributed by atoms with Gasteiger partial charge in [0.15, 0.2) is 0 Å². The predicted molar refractivity (Wildman–Crippen MR) is 40.2 cm³/mol. The lowest BCUT2D eigenvalue weighted by molar-refractivity contribution is -0.137. The summed E-state index contributed by atoms with van der Waals surface area (Å²) in [5.41, 5.74) is 0. The highest BCUT2D eigenvalue weighted by molar-refractivity contribution is 7.99. The second-order valence-corrected chi connectivity index (χ2v) is 3.27. The summed E-state index contributed by atoms with van der Waals surface area (Å²) in [6.45, 7) is 0. The van der Waals surface area contributed by atoms with Crippen molar-refractivity contribution in [3.8, 4) is 0 Å². The molecule has 12 heavy (non-hydrogen) atoms. The molecule has 0 aromatic carbocycles. The number of carbonyl (C=O) groups is 1. The highest BCUT2D eigenvalue weighted by Gasteiger charge is 2.26. The molecule has 0 aliphatic carbocycles. The molecule has 1 N–H and O–H groups in total. The number of thioether (sulfide) groups is 1. The van der Waals surface area contributed by atoms with Gasteiger partial charge < -0.3 is 5.11 Å². The topological polar surface area (TPSA) is 37.3 Å². The van der Waals surface area contributed by atoms with Crippen molar-refractivity contribution in [1.29, 1.82) is 0 Å². The maximum Gasteiger partial charge on any atom is 0.397 e. The molecule has 0 unspecified atom stereocenters. The van der Waals surface area contributed by atoms with Gasteiger partial charge in [-0.05, 0) is 12.2 Å². The molecule has 0 aromatic rings. The standard InChI is InChI=1S/C6H9F3O2S/c7-6(8,9)4-12-3-1-2-5(10)11/h1-4H2,(H,10,11). The molecule has 0 radical (unpaired) electrons. The average Bonchev–Trinajstić information content (AvgIpc) is 1.83. The van der Waals surface area contributed by atoms with Crippen LogP contribution in [0.2, 0.25) is 0 Å². The van der Waals surface area contributed by atoms with Gasteiger partial charge in [-0.25, -0.2) is 0 Å². The molecular weight excluding hydrogens is 193 g/mol. The van der Waals surface area contributed by atoms with Crippen molar-refractivity contribution in [3.63, 3.8) is 0 Å². The second-order valence-electron chi connectivity index (χ2n) is 2.17. The van der Waals surface area contributed by atoms with E-state index in [1.807, 2.05) is 0 Å². The molecule has 0 amide bonds. The molecule has 0 spiro atoms. The van der Waals surface area contributed by atoms with E-state index in [2.05, 4.69) is 0 Å². The van der Waals surface area contributed by atoms with Crippen LogP contribution in [0.4, 0.5) is 13.2 Å². The molecule has 72 valence electrons. The van der Waals surface area contributed by atoms with Crippen LogP contribution in [0.5, 0.6) is 0 Å². The van der Waals surface area contributed by atoms with Crippen LogP contribution in [-0.2, 0) is 4.79 Å². The highest BCUT2D eigenvalue weighted by atomic mass is 32.2. The van der Waals surface area contributed by atoms with Gasteiger partial charge in [-0.15, -0.1) is 0 Å². The first-order valence-corrected chi connectivity index (χ1v) is 4.43. The Kier molecular flexibility index (Phi) is 5.12. The third-order valence-electron chi connectivity index (χ3n) is 0.945. The molecule has 6 heteroatoms. The second kappa shape index (κ2) is 5.29. The fraction of sp³-hybridized carbons (Fsp3) is 0.833. The van der Waals surface area contributed by atoms with Crippen LogP contribution in [0.15, 0.2) is 0 Å². The molecule has 0 heterocycles. The monoisotopic (exact) mass is 202 g/mol. The zero-order valence-electron chi connectivity index (χ0n) is 6.23. The van der Waals surface area contributed by atoms with Crippen LogP contribution >= 0.6 is 11.8 Å². The maximum absolute atomic E-state index is 11.5. The molecular formula is C6H9F3O2S. The number of rotatable bonds is 5. The Morgan fingerprint density at radius 1 is 1.42 bits per heavy atom. The van der Waals surface area contributed by atoms with Gasteiger partial charge in [0.2, 0.25) is 0 Å². The Bertz CT molecular complexity index is 146. The van der Waals surface area contributed by atoms with E-state index in [0.29, 0.717) is 11.8 Å². The van der Waals surface area contributed by atoms with E-state index in [1.54, 1.807) is 0 Å². The van der Waals surface area contributed by atoms with Gasteiger partial charge in [0.25, 0.3) is 0 Å². The largest absolute Gasteiger partial charge is 0.481 e. The van der Waals surface area contributed by atoms with Gasteiger partial charge in [-0.2, -0.15) is 24.9 Å².